The third kappa shape index (κ3) is 12.8. The summed E-state index contributed by atoms with van der Waals surface area (Å²) >= 11 is 1.36. The van der Waals surface area contributed by atoms with Gasteiger partial charge in [0, 0.05) is 37.0 Å². The highest BCUT2D eigenvalue weighted by molar-refractivity contribution is 7.09. The van der Waals surface area contributed by atoms with Gasteiger partial charge in [-0.15, -0.1) is 11.3 Å². The molecule has 3 rings (SSSR count). The first-order valence-corrected chi connectivity index (χ1v) is 20.4. The Kier molecular flexibility index (Phi) is 17.7. The predicted octanol–water partition coefficient (Wildman–Crippen LogP) is 5.37. The lowest BCUT2D eigenvalue weighted by atomic mass is 9.92. The Bertz CT molecular complexity index is 1500. The van der Waals surface area contributed by atoms with Gasteiger partial charge in [-0.25, -0.2) is 4.98 Å². The Morgan fingerprint density at radius 2 is 1.81 bits per heavy atom. The number of nitrogens with two attached hydrogens (primary N) is 1. The zero-order valence-corrected chi connectivity index (χ0v) is 34.0. The molecule has 5 N–H and O–H groups in total. The van der Waals surface area contributed by atoms with Crippen LogP contribution in [0.3, 0.4) is 0 Å². The average molecular weight is 757 g/mol. The molecule has 1 aliphatic heterocycles. The van der Waals surface area contributed by atoms with Crippen molar-refractivity contribution in [2.45, 2.75) is 137 Å². The van der Waals surface area contributed by atoms with E-state index in [4.69, 9.17) is 15.5 Å². The fourth-order valence-electron chi connectivity index (χ4n) is 7.06. The summed E-state index contributed by atoms with van der Waals surface area (Å²) < 4.78 is 6.40. The van der Waals surface area contributed by atoms with Crippen LogP contribution in [0.25, 0.3) is 0 Å². The number of carbonyl (C=O) groups excluding carboxylic acids is 4. The van der Waals surface area contributed by atoms with Crippen LogP contribution in [0.5, 0.6) is 5.75 Å². The summed E-state index contributed by atoms with van der Waals surface area (Å²) in [4.78, 5) is 62.0. The number of hydrogen-bond donors (Lipinski definition) is 4. The second-order valence-corrected chi connectivity index (χ2v) is 15.9. The minimum absolute atomic E-state index is 0.0113. The number of ether oxygens (including phenoxy) is 1. The summed E-state index contributed by atoms with van der Waals surface area (Å²) in [6, 6.07) is 3.43. The number of piperidine rings is 1. The van der Waals surface area contributed by atoms with Gasteiger partial charge in [-0.05, 0) is 87.7 Å². The summed E-state index contributed by atoms with van der Waals surface area (Å²) in [5, 5.41) is 18.5. The first-order valence-electron chi connectivity index (χ1n) is 19.5. The van der Waals surface area contributed by atoms with Crippen LogP contribution in [-0.2, 0) is 32.0 Å². The first-order chi connectivity index (χ1) is 25.2. The summed E-state index contributed by atoms with van der Waals surface area (Å²) in [6.45, 7) is 16.2. The Labute approximate surface area is 320 Å². The summed E-state index contributed by atoms with van der Waals surface area (Å²) in [5.74, 6) is -0.905. The number of phenols is 1. The number of amides is 4. The number of hydrogen-bond acceptors (Lipinski definition) is 9. The molecule has 4 amide bonds. The summed E-state index contributed by atoms with van der Waals surface area (Å²) in [7, 11) is 1.98. The number of aromatic hydroxyl groups is 1. The van der Waals surface area contributed by atoms with Gasteiger partial charge < -0.3 is 31.1 Å². The molecule has 1 saturated heterocycles. The SMILES string of the molecule is CCCOC(CC(C(C)C)N(CCC)C(=O)C(NC(=O)C1CCCCN1C)C(C)CC)c1nc(C(=O)NC(C)Cc2ccc(O)cc2CC(N)=O)cs1. The number of carbonyl (C=O) groups is 4. The molecular formula is C40H64N6O6S. The lowest BCUT2D eigenvalue weighted by molar-refractivity contribution is -0.143. The number of rotatable bonds is 21. The molecule has 296 valence electrons. The van der Waals surface area contributed by atoms with Gasteiger partial charge in [-0.2, -0.15) is 0 Å². The smallest absolute Gasteiger partial charge is 0.270 e. The van der Waals surface area contributed by atoms with Gasteiger partial charge in [0.1, 0.15) is 28.6 Å². The van der Waals surface area contributed by atoms with Gasteiger partial charge in [-0.3, -0.25) is 24.1 Å². The van der Waals surface area contributed by atoms with E-state index in [1.54, 1.807) is 17.5 Å². The van der Waals surface area contributed by atoms with Crippen molar-refractivity contribution in [1.82, 2.24) is 25.4 Å². The van der Waals surface area contributed by atoms with E-state index < -0.39 is 18.1 Å². The number of aromatic nitrogens is 1. The van der Waals surface area contributed by atoms with E-state index in [1.165, 1.54) is 17.4 Å². The van der Waals surface area contributed by atoms with E-state index in [2.05, 4.69) is 36.3 Å². The lowest BCUT2D eigenvalue weighted by Gasteiger charge is -2.40. The number of likely N-dealkylation sites (tertiary alicyclic amines) is 1. The van der Waals surface area contributed by atoms with Crippen molar-refractivity contribution in [3.63, 3.8) is 0 Å². The quantitative estimate of drug-likeness (QED) is 0.132. The highest BCUT2D eigenvalue weighted by Gasteiger charge is 2.38. The maximum absolute atomic E-state index is 14.6. The zero-order chi connectivity index (χ0) is 39.2. The minimum atomic E-state index is -0.642. The maximum atomic E-state index is 14.6. The summed E-state index contributed by atoms with van der Waals surface area (Å²) in [5.41, 5.74) is 7.12. The molecule has 6 atom stereocenters. The van der Waals surface area contributed by atoms with Crippen LogP contribution in [0.15, 0.2) is 23.6 Å². The van der Waals surface area contributed by atoms with Crippen LogP contribution in [-0.4, -0.2) is 94.4 Å². The van der Waals surface area contributed by atoms with Crippen molar-refractivity contribution < 1.29 is 29.0 Å². The molecule has 1 fully saturated rings. The van der Waals surface area contributed by atoms with Gasteiger partial charge in [0.25, 0.3) is 5.91 Å². The predicted molar refractivity (Wildman–Crippen MR) is 210 cm³/mol. The molecule has 0 spiro atoms. The van der Waals surface area contributed by atoms with Crippen LogP contribution in [0.1, 0.15) is 126 Å². The topological polar surface area (TPSA) is 167 Å². The monoisotopic (exact) mass is 756 g/mol. The molecule has 2 aromatic rings. The van der Waals surface area contributed by atoms with Crippen molar-refractivity contribution in [3.05, 3.63) is 45.4 Å². The van der Waals surface area contributed by atoms with Gasteiger partial charge in [0.2, 0.25) is 17.7 Å². The molecule has 0 bridgehead atoms. The molecule has 12 nitrogen and oxygen atoms in total. The van der Waals surface area contributed by atoms with Gasteiger partial charge >= 0.3 is 0 Å². The van der Waals surface area contributed by atoms with Gasteiger partial charge in [0.15, 0.2) is 0 Å². The normalized spacial score (nSPS) is 17.8. The fourth-order valence-corrected chi connectivity index (χ4v) is 7.92. The number of primary amides is 1. The van der Waals surface area contributed by atoms with Crippen LogP contribution >= 0.6 is 11.3 Å². The number of phenolic OH excluding ortho intramolecular Hbond substituents is 1. The minimum Gasteiger partial charge on any atom is -0.508 e. The van der Waals surface area contributed by atoms with Gasteiger partial charge in [-0.1, -0.05) is 60.5 Å². The second-order valence-electron chi connectivity index (χ2n) is 15.0. The molecule has 0 aliphatic carbocycles. The van der Waals surface area contributed by atoms with Crippen LogP contribution in [0, 0.1) is 11.8 Å². The van der Waals surface area contributed by atoms with E-state index >= 15 is 0 Å². The molecule has 13 heteroatoms. The van der Waals surface area contributed by atoms with Crippen LogP contribution < -0.4 is 16.4 Å². The van der Waals surface area contributed by atoms with E-state index in [9.17, 15) is 24.3 Å². The molecule has 1 aromatic carbocycles. The van der Waals surface area contributed by atoms with E-state index in [0.717, 1.165) is 50.6 Å². The largest absolute Gasteiger partial charge is 0.508 e. The second kappa shape index (κ2) is 21.4. The third-order valence-corrected chi connectivity index (χ3v) is 11.2. The van der Waals surface area contributed by atoms with E-state index in [1.807, 2.05) is 39.6 Å². The molecule has 1 aliphatic rings. The van der Waals surface area contributed by atoms with E-state index in [-0.39, 0.29) is 65.5 Å². The first kappa shape index (κ1) is 43.9. The molecule has 0 radical (unpaired) electrons. The van der Waals surface area contributed by atoms with Crippen LogP contribution in [0.2, 0.25) is 0 Å². The van der Waals surface area contributed by atoms with Crippen LogP contribution in [0.4, 0.5) is 0 Å². The van der Waals surface area contributed by atoms with E-state index in [0.29, 0.717) is 36.6 Å². The Morgan fingerprint density at radius 1 is 1.08 bits per heavy atom. The Balaban J connectivity index is 1.82. The maximum Gasteiger partial charge on any atom is 0.270 e. The van der Waals surface area contributed by atoms with Crippen molar-refractivity contribution in [1.29, 1.82) is 0 Å². The number of likely N-dealkylation sites (N-methyl/N-ethyl adjacent to an activating group) is 1. The average Bonchev–Trinajstić information content (AvgIpc) is 3.61. The fraction of sp³-hybridized carbons (Fsp3) is 0.675. The molecule has 2 heterocycles. The Morgan fingerprint density at radius 3 is 2.43 bits per heavy atom. The standard InChI is InChI=1S/C40H64N6O6S/c1-9-17-46(40(51)36(26(6)11-3)44-38(50)32-14-12-13-18-45(32)8)33(25(4)5)23-34(52-19-10-2)39-43-31(24-53-39)37(49)42-27(7)20-28-15-16-30(47)21-29(28)22-35(41)48/h15-16,21,24-27,32-34,36,47H,9-14,17-20,22-23H2,1-8H3,(H2,41,48)(H,42,49)(H,44,50). The van der Waals surface area contributed by atoms with Crippen molar-refractivity contribution in [2.24, 2.45) is 17.6 Å². The number of benzene rings is 1. The summed E-state index contributed by atoms with van der Waals surface area (Å²) in [6.07, 6.45) is 5.63. The Hall–Kier alpha value is -3.55. The van der Waals surface area contributed by atoms with Crippen molar-refractivity contribution in [3.8, 4) is 5.75 Å². The highest BCUT2D eigenvalue weighted by atomic mass is 32.1. The number of nitrogens with zero attached hydrogens (tertiary/aromatic N) is 3. The van der Waals surface area contributed by atoms with Gasteiger partial charge in [0.05, 0.1) is 12.5 Å². The van der Waals surface area contributed by atoms with Crippen molar-refractivity contribution in [2.75, 3.05) is 26.7 Å². The molecular weight excluding hydrogens is 693 g/mol. The molecule has 53 heavy (non-hydrogen) atoms. The lowest BCUT2D eigenvalue weighted by Crippen LogP contribution is -2.58. The zero-order valence-electron chi connectivity index (χ0n) is 33.2. The number of thiazole rings is 1. The molecule has 6 unspecified atom stereocenters. The number of nitrogens with one attached hydrogen (secondary N) is 2. The molecule has 1 aromatic heterocycles. The van der Waals surface area contributed by atoms with Crippen molar-refractivity contribution >= 4 is 35.0 Å². The molecule has 0 saturated carbocycles. The highest BCUT2D eigenvalue weighted by Crippen LogP contribution is 2.32. The third-order valence-electron chi connectivity index (χ3n) is 10.2.